The normalized spacial score (nSPS) is 14.1. The summed E-state index contributed by atoms with van der Waals surface area (Å²) in [5.41, 5.74) is 2.90. The van der Waals surface area contributed by atoms with Crippen LogP contribution in [0.15, 0.2) is 40.2 Å². The lowest BCUT2D eigenvalue weighted by atomic mass is 9.96. The van der Waals surface area contributed by atoms with Crippen LogP contribution in [0.5, 0.6) is 5.75 Å². The maximum absolute atomic E-state index is 15.4. The fraction of sp³-hybridized carbons (Fsp3) is 0.360. The molecule has 0 amide bonds. The SMILES string of the molecule is Cc1nn(CC2CC2)cc1Cc1nn(C)nc1-c1c(F)cc(F)cc1C(C)Oc1cc(Br)cnc1N=O. The molecule has 0 radical (unpaired) electrons. The van der Waals surface area contributed by atoms with Gasteiger partial charge in [0, 0.05) is 54.1 Å². The van der Waals surface area contributed by atoms with Gasteiger partial charge in [0.25, 0.3) is 0 Å². The summed E-state index contributed by atoms with van der Waals surface area (Å²) in [5.74, 6) is -0.991. The predicted octanol–water partition coefficient (Wildman–Crippen LogP) is 5.96. The molecule has 0 aliphatic heterocycles. The van der Waals surface area contributed by atoms with Crippen molar-refractivity contribution in [1.82, 2.24) is 29.8 Å². The Balaban J connectivity index is 1.52. The largest absolute Gasteiger partial charge is 0.482 e. The molecule has 9 nitrogen and oxygen atoms in total. The second-order valence-electron chi connectivity index (χ2n) is 9.25. The van der Waals surface area contributed by atoms with E-state index >= 15 is 4.39 Å². The molecule has 1 atom stereocenters. The van der Waals surface area contributed by atoms with Gasteiger partial charge in [-0.25, -0.2) is 13.8 Å². The molecule has 12 heteroatoms. The Morgan fingerprint density at radius 2 is 2.00 bits per heavy atom. The number of aromatic nitrogens is 6. The maximum Gasteiger partial charge on any atom is 0.239 e. The van der Waals surface area contributed by atoms with Gasteiger partial charge in [-0.3, -0.25) is 4.68 Å². The summed E-state index contributed by atoms with van der Waals surface area (Å²) < 4.78 is 38.2. The average molecular weight is 572 g/mol. The Hall–Kier alpha value is -3.54. The Morgan fingerprint density at radius 1 is 1.22 bits per heavy atom. The molecule has 0 bridgehead atoms. The topological polar surface area (TPSA) is 100 Å². The Labute approximate surface area is 220 Å². The van der Waals surface area contributed by atoms with Gasteiger partial charge in [0.15, 0.2) is 5.75 Å². The Kier molecular flexibility index (Phi) is 6.84. The fourth-order valence-electron chi connectivity index (χ4n) is 4.32. The molecule has 0 saturated heterocycles. The molecule has 4 aromatic rings. The summed E-state index contributed by atoms with van der Waals surface area (Å²) in [5, 5.41) is 16.4. The molecular formula is C25H24BrF2N7O2. The zero-order chi connectivity index (χ0) is 26.3. The second-order valence-corrected chi connectivity index (χ2v) is 10.2. The highest BCUT2D eigenvalue weighted by Crippen LogP contribution is 2.38. The van der Waals surface area contributed by atoms with Crippen molar-refractivity contribution in [3.63, 3.8) is 0 Å². The molecule has 5 rings (SSSR count). The Bertz CT molecular complexity index is 1480. The highest BCUT2D eigenvalue weighted by molar-refractivity contribution is 9.10. The molecule has 0 spiro atoms. The summed E-state index contributed by atoms with van der Waals surface area (Å²) in [6, 6.07) is 3.52. The summed E-state index contributed by atoms with van der Waals surface area (Å²) >= 11 is 3.28. The van der Waals surface area contributed by atoms with Crippen molar-refractivity contribution < 1.29 is 13.5 Å². The number of hydrogen-bond donors (Lipinski definition) is 0. The van der Waals surface area contributed by atoms with Gasteiger partial charge in [-0.05, 0) is 71.4 Å². The number of pyridine rings is 1. The van der Waals surface area contributed by atoms with Crippen molar-refractivity contribution in [2.24, 2.45) is 18.1 Å². The van der Waals surface area contributed by atoms with Gasteiger partial charge >= 0.3 is 0 Å². The lowest BCUT2D eigenvalue weighted by Gasteiger charge is -2.19. The summed E-state index contributed by atoms with van der Waals surface area (Å²) in [6.07, 6.45) is 5.33. The van der Waals surface area contributed by atoms with Gasteiger partial charge < -0.3 is 4.74 Å². The van der Waals surface area contributed by atoms with Crippen LogP contribution >= 0.6 is 15.9 Å². The number of nitrogens with zero attached hydrogens (tertiary/aromatic N) is 7. The molecule has 1 aliphatic carbocycles. The lowest BCUT2D eigenvalue weighted by molar-refractivity contribution is 0.226. The summed E-state index contributed by atoms with van der Waals surface area (Å²) in [4.78, 5) is 16.5. The predicted molar refractivity (Wildman–Crippen MR) is 135 cm³/mol. The molecule has 192 valence electrons. The first-order chi connectivity index (χ1) is 17.7. The number of ether oxygens (including phenoxy) is 1. The minimum atomic E-state index is -0.880. The van der Waals surface area contributed by atoms with Crippen LogP contribution in [0.25, 0.3) is 11.3 Å². The lowest BCUT2D eigenvalue weighted by Crippen LogP contribution is -2.09. The van der Waals surface area contributed by atoms with E-state index < -0.39 is 17.7 Å². The van der Waals surface area contributed by atoms with Crippen molar-refractivity contribution in [2.75, 3.05) is 0 Å². The molecule has 0 N–H and O–H groups in total. The zero-order valence-electron chi connectivity index (χ0n) is 20.5. The van der Waals surface area contributed by atoms with Crippen molar-refractivity contribution in [3.05, 3.63) is 74.1 Å². The number of halogens is 3. The third kappa shape index (κ3) is 5.43. The van der Waals surface area contributed by atoms with Crippen LogP contribution in [0.4, 0.5) is 14.6 Å². The third-order valence-corrected chi connectivity index (χ3v) is 6.72. The van der Waals surface area contributed by atoms with E-state index in [0.717, 1.165) is 23.9 Å². The number of nitroso groups, excluding NO2 is 1. The van der Waals surface area contributed by atoms with Crippen LogP contribution in [0.3, 0.4) is 0 Å². The van der Waals surface area contributed by atoms with E-state index in [1.807, 2.05) is 17.8 Å². The monoisotopic (exact) mass is 571 g/mol. The minimum absolute atomic E-state index is 0.0728. The van der Waals surface area contributed by atoms with Crippen molar-refractivity contribution >= 4 is 21.7 Å². The molecule has 1 fully saturated rings. The van der Waals surface area contributed by atoms with E-state index in [4.69, 9.17) is 4.74 Å². The van der Waals surface area contributed by atoms with Crippen LogP contribution in [-0.4, -0.2) is 29.8 Å². The molecule has 1 unspecified atom stereocenters. The number of hydrogen-bond acceptors (Lipinski definition) is 7. The van der Waals surface area contributed by atoms with Gasteiger partial charge in [0.2, 0.25) is 5.82 Å². The van der Waals surface area contributed by atoms with Crippen LogP contribution in [-0.2, 0) is 20.0 Å². The highest BCUT2D eigenvalue weighted by Gasteiger charge is 2.27. The first-order valence-electron chi connectivity index (χ1n) is 11.8. The zero-order valence-corrected chi connectivity index (χ0v) is 22.0. The van der Waals surface area contributed by atoms with Gasteiger partial charge in [-0.2, -0.15) is 20.1 Å². The van der Waals surface area contributed by atoms with Crippen LogP contribution in [0.2, 0.25) is 0 Å². The van der Waals surface area contributed by atoms with Crippen molar-refractivity contribution in [1.29, 1.82) is 0 Å². The number of rotatable bonds is 9. The molecule has 3 heterocycles. The van der Waals surface area contributed by atoms with E-state index in [9.17, 15) is 9.30 Å². The molecule has 1 aromatic carbocycles. The van der Waals surface area contributed by atoms with Gasteiger partial charge in [0.05, 0.1) is 11.4 Å². The molecular weight excluding hydrogens is 548 g/mol. The second kappa shape index (κ2) is 10.1. The van der Waals surface area contributed by atoms with Crippen LogP contribution in [0, 0.1) is 29.4 Å². The van der Waals surface area contributed by atoms with E-state index in [2.05, 4.69) is 41.4 Å². The summed E-state index contributed by atoms with van der Waals surface area (Å²) in [6.45, 7) is 4.43. The average Bonchev–Trinajstić information content (AvgIpc) is 3.48. The van der Waals surface area contributed by atoms with E-state index in [-0.39, 0.29) is 28.4 Å². The van der Waals surface area contributed by atoms with Gasteiger partial charge in [0.1, 0.15) is 23.4 Å². The number of benzene rings is 1. The van der Waals surface area contributed by atoms with Crippen molar-refractivity contribution in [2.45, 2.75) is 45.8 Å². The minimum Gasteiger partial charge on any atom is -0.482 e. The van der Waals surface area contributed by atoms with Gasteiger partial charge in [-0.1, -0.05) is 0 Å². The van der Waals surface area contributed by atoms with Gasteiger partial charge in [-0.15, -0.1) is 4.91 Å². The molecule has 1 aliphatic rings. The first-order valence-corrected chi connectivity index (χ1v) is 12.6. The number of aryl methyl sites for hydroxylation is 2. The summed E-state index contributed by atoms with van der Waals surface area (Å²) in [7, 11) is 1.65. The smallest absolute Gasteiger partial charge is 0.239 e. The maximum atomic E-state index is 15.4. The van der Waals surface area contributed by atoms with E-state index in [1.54, 1.807) is 14.0 Å². The molecule has 3 aromatic heterocycles. The van der Waals surface area contributed by atoms with E-state index in [0.29, 0.717) is 22.5 Å². The third-order valence-electron chi connectivity index (χ3n) is 6.28. The van der Waals surface area contributed by atoms with Crippen molar-refractivity contribution in [3.8, 4) is 17.0 Å². The standard InChI is InChI=1S/C25H24BrF2N7O2/c1-13-16(12-35(30-13)11-15-4-5-15)6-21-24(32-34(3)31-21)23-19(8-18(27)9-20(23)28)14(2)37-22-7-17(26)10-29-25(22)33-36/h7-10,12,14-15H,4-6,11H2,1-3H3. The highest BCUT2D eigenvalue weighted by atomic mass is 79.9. The molecule has 1 saturated carbocycles. The fourth-order valence-corrected chi connectivity index (χ4v) is 4.63. The van der Waals surface area contributed by atoms with E-state index in [1.165, 1.54) is 36.0 Å². The van der Waals surface area contributed by atoms with Crippen LogP contribution in [0.1, 0.15) is 48.4 Å². The first kappa shape index (κ1) is 25.1. The van der Waals surface area contributed by atoms with Crippen LogP contribution < -0.4 is 4.74 Å². The Morgan fingerprint density at radius 3 is 2.73 bits per heavy atom. The molecule has 37 heavy (non-hydrogen) atoms. The quantitative estimate of drug-likeness (QED) is 0.230.